The van der Waals surface area contributed by atoms with E-state index in [-0.39, 0.29) is 6.10 Å². The van der Waals surface area contributed by atoms with Crippen LogP contribution in [0.4, 0.5) is 0 Å². The summed E-state index contributed by atoms with van der Waals surface area (Å²) < 4.78 is 11.1. The molecule has 0 aliphatic carbocycles. The van der Waals surface area contributed by atoms with Gasteiger partial charge >= 0.3 is 0 Å². The smallest absolute Gasteiger partial charge is 0.0829 e. The third-order valence-electron chi connectivity index (χ3n) is 3.56. The highest BCUT2D eigenvalue weighted by Gasteiger charge is 2.12. The zero-order valence-electron chi connectivity index (χ0n) is 12.9. The largest absolute Gasteiger partial charge is 0.382 e. The van der Waals surface area contributed by atoms with Crippen molar-refractivity contribution in [1.82, 2.24) is 0 Å². The van der Waals surface area contributed by atoms with Gasteiger partial charge in [0.15, 0.2) is 0 Å². The van der Waals surface area contributed by atoms with Crippen LogP contribution in [0.5, 0.6) is 0 Å². The maximum Gasteiger partial charge on any atom is 0.0829 e. The fourth-order valence-electron chi connectivity index (χ4n) is 2.45. The average molecular weight is 284 g/mol. The molecule has 1 atom stereocenters. The van der Waals surface area contributed by atoms with Crippen molar-refractivity contribution in [2.45, 2.75) is 25.9 Å². The van der Waals surface area contributed by atoms with Crippen molar-refractivity contribution >= 4 is 0 Å². The zero-order chi connectivity index (χ0) is 14.9. The van der Waals surface area contributed by atoms with Gasteiger partial charge in [-0.3, -0.25) is 0 Å². The Bertz CT molecular complexity index is 522. The topological polar surface area (TPSA) is 18.5 Å². The summed E-state index contributed by atoms with van der Waals surface area (Å²) in [5, 5.41) is 0. The van der Waals surface area contributed by atoms with Crippen molar-refractivity contribution in [3.63, 3.8) is 0 Å². The molecule has 0 amide bonds. The van der Waals surface area contributed by atoms with Crippen LogP contribution in [0.2, 0.25) is 0 Å². The number of hydrogen-bond acceptors (Lipinski definition) is 2. The van der Waals surface area contributed by atoms with Crippen LogP contribution in [-0.2, 0) is 15.9 Å². The number of methoxy groups -OCH3 is 1. The summed E-state index contributed by atoms with van der Waals surface area (Å²) >= 11 is 0. The van der Waals surface area contributed by atoms with Crippen LogP contribution in [0.25, 0.3) is 0 Å². The molecule has 2 rings (SSSR count). The molecule has 0 fully saturated rings. The van der Waals surface area contributed by atoms with Crippen LogP contribution < -0.4 is 0 Å². The molecule has 112 valence electrons. The Hall–Kier alpha value is -1.64. The second kappa shape index (κ2) is 8.60. The van der Waals surface area contributed by atoms with Gasteiger partial charge in [-0.05, 0) is 30.9 Å². The van der Waals surface area contributed by atoms with Crippen molar-refractivity contribution in [3.05, 3.63) is 71.3 Å². The number of aryl methyl sites for hydroxylation is 2. The van der Waals surface area contributed by atoms with E-state index in [9.17, 15) is 0 Å². The summed E-state index contributed by atoms with van der Waals surface area (Å²) in [6, 6.07) is 19.1. The van der Waals surface area contributed by atoms with E-state index < -0.39 is 0 Å². The van der Waals surface area contributed by atoms with Gasteiger partial charge in [-0.25, -0.2) is 0 Å². The van der Waals surface area contributed by atoms with Gasteiger partial charge in [-0.1, -0.05) is 60.2 Å². The lowest BCUT2D eigenvalue weighted by atomic mass is 10.0. The number of benzene rings is 2. The molecule has 2 aromatic rings. The van der Waals surface area contributed by atoms with Gasteiger partial charge in [0, 0.05) is 7.11 Å². The van der Waals surface area contributed by atoms with Crippen LogP contribution >= 0.6 is 0 Å². The Labute approximate surface area is 127 Å². The van der Waals surface area contributed by atoms with E-state index in [4.69, 9.17) is 9.47 Å². The van der Waals surface area contributed by atoms with Crippen molar-refractivity contribution < 1.29 is 9.47 Å². The van der Waals surface area contributed by atoms with Crippen molar-refractivity contribution in [3.8, 4) is 0 Å². The first-order valence-corrected chi connectivity index (χ1v) is 7.50. The maximum atomic E-state index is 6.00. The molecule has 0 heterocycles. The van der Waals surface area contributed by atoms with E-state index in [0.717, 1.165) is 12.8 Å². The number of rotatable bonds is 8. The standard InChI is InChI=1S/C19H24O2/c1-16-7-6-8-17(15-16)11-12-19(21-14-13-20-2)18-9-4-3-5-10-18/h3-10,15,19H,11-14H2,1-2H3. The molecule has 21 heavy (non-hydrogen) atoms. The van der Waals surface area contributed by atoms with E-state index >= 15 is 0 Å². The third kappa shape index (κ3) is 5.33. The number of hydrogen-bond donors (Lipinski definition) is 0. The van der Waals surface area contributed by atoms with E-state index in [1.54, 1.807) is 7.11 Å². The summed E-state index contributed by atoms with van der Waals surface area (Å²) in [4.78, 5) is 0. The van der Waals surface area contributed by atoms with Gasteiger partial charge < -0.3 is 9.47 Å². The predicted molar refractivity (Wildman–Crippen MR) is 86.5 cm³/mol. The molecule has 0 saturated carbocycles. The zero-order valence-corrected chi connectivity index (χ0v) is 12.9. The van der Waals surface area contributed by atoms with Crippen molar-refractivity contribution in [1.29, 1.82) is 0 Å². The summed E-state index contributed by atoms with van der Waals surface area (Å²) in [5.41, 5.74) is 3.91. The monoisotopic (exact) mass is 284 g/mol. The lowest BCUT2D eigenvalue weighted by Crippen LogP contribution is -2.10. The summed E-state index contributed by atoms with van der Waals surface area (Å²) in [6.07, 6.45) is 2.13. The molecule has 0 spiro atoms. The second-order valence-corrected chi connectivity index (χ2v) is 5.29. The maximum absolute atomic E-state index is 6.00. The summed E-state index contributed by atoms with van der Waals surface area (Å²) in [6.45, 7) is 3.39. The molecule has 2 aromatic carbocycles. The molecule has 0 radical (unpaired) electrons. The summed E-state index contributed by atoms with van der Waals surface area (Å²) in [5.74, 6) is 0. The fourth-order valence-corrected chi connectivity index (χ4v) is 2.45. The molecule has 0 aliphatic heterocycles. The molecule has 0 aromatic heterocycles. The van der Waals surface area contributed by atoms with E-state index in [2.05, 4.69) is 55.5 Å². The normalized spacial score (nSPS) is 12.3. The molecule has 2 nitrogen and oxygen atoms in total. The molecule has 2 heteroatoms. The first-order valence-electron chi connectivity index (χ1n) is 7.50. The van der Waals surface area contributed by atoms with Crippen molar-refractivity contribution in [2.24, 2.45) is 0 Å². The first-order chi connectivity index (χ1) is 10.3. The highest BCUT2D eigenvalue weighted by Crippen LogP contribution is 2.23. The van der Waals surface area contributed by atoms with Gasteiger partial charge in [-0.2, -0.15) is 0 Å². The van der Waals surface area contributed by atoms with Crippen LogP contribution in [-0.4, -0.2) is 20.3 Å². The lowest BCUT2D eigenvalue weighted by molar-refractivity contribution is 0.0122. The van der Waals surface area contributed by atoms with Gasteiger partial charge in [-0.15, -0.1) is 0 Å². The minimum atomic E-state index is 0.127. The van der Waals surface area contributed by atoms with Crippen LogP contribution in [0.15, 0.2) is 54.6 Å². The predicted octanol–water partition coefficient (Wildman–Crippen LogP) is 4.33. The van der Waals surface area contributed by atoms with Crippen LogP contribution in [0, 0.1) is 6.92 Å². The molecule has 1 unspecified atom stereocenters. The van der Waals surface area contributed by atoms with Crippen LogP contribution in [0.3, 0.4) is 0 Å². The van der Waals surface area contributed by atoms with E-state index in [1.165, 1.54) is 16.7 Å². The molecular formula is C19H24O2. The molecular weight excluding hydrogens is 260 g/mol. The lowest BCUT2D eigenvalue weighted by Gasteiger charge is -2.18. The van der Waals surface area contributed by atoms with Crippen molar-refractivity contribution in [2.75, 3.05) is 20.3 Å². The second-order valence-electron chi connectivity index (χ2n) is 5.29. The fraction of sp³-hybridized carbons (Fsp3) is 0.368. The minimum absolute atomic E-state index is 0.127. The Morgan fingerprint density at radius 2 is 1.76 bits per heavy atom. The van der Waals surface area contributed by atoms with Gasteiger partial charge in [0.25, 0.3) is 0 Å². The molecule has 0 aliphatic rings. The van der Waals surface area contributed by atoms with Crippen LogP contribution in [0.1, 0.15) is 29.2 Å². The Balaban J connectivity index is 1.98. The average Bonchev–Trinajstić information content (AvgIpc) is 2.52. The highest BCUT2D eigenvalue weighted by atomic mass is 16.5. The highest BCUT2D eigenvalue weighted by molar-refractivity contribution is 5.23. The van der Waals surface area contributed by atoms with Gasteiger partial charge in [0.2, 0.25) is 0 Å². The van der Waals surface area contributed by atoms with E-state index in [0.29, 0.717) is 13.2 Å². The SMILES string of the molecule is COCCOC(CCc1cccc(C)c1)c1ccccc1. The molecule has 0 saturated heterocycles. The third-order valence-corrected chi connectivity index (χ3v) is 3.56. The Morgan fingerprint density at radius 3 is 2.48 bits per heavy atom. The Morgan fingerprint density at radius 1 is 0.952 bits per heavy atom. The molecule has 0 bridgehead atoms. The Kier molecular flexibility index (Phi) is 6.45. The number of ether oxygens (including phenoxy) is 2. The van der Waals surface area contributed by atoms with Gasteiger partial charge in [0.05, 0.1) is 19.3 Å². The first kappa shape index (κ1) is 15.7. The quantitative estimate of drug-likeness (QED) is 0.672. The summed E-state index contributed by atoms with van der Waals surface area (Å²) in [7, 11) is 1.70. The minimum Gasteiger partial charge on any atom is -0.382 e. The van der Waals surface area contributed by atoms with E-state index in [1.807, 2.05) is 6.07 Å². The molecule has 0 N–H and O–H groups in total. The van der Waals surface area contributed by atoms with Gasteiger partial charge in [0.1, 0.15) is 0 Å².